The van der Waals surface area contributed by atoms with Crippen LogP contribution in [0.2, 0.25) is 5.02 Å². The van der Waals surface area contributed by atoms with Gasteiger partial charge in [-0.1, -0.05) is 41.9 Å². The Morgan fingerprint density at radius 1 is 1.16 bits per heavy atom. The van der Waals surface area contributed by atoms with Crippen molar-refractivity contribution in [2.75, 3.05) is 0 Å². The van der Waals surface area contributed by atoms with Crippen molar-refractivity contribution >= 4 is 44.9 Å². The van der Waals surface area contributed by atoms with Gasteiger partial charge in [-0.2, -0.15) is 10.5 Å². The smallest absolute Gasteiger partial charge is 0.270 e. The molecular weight excluding hydrogens is 482 g/mol. The topological polar surface area (TPSA) is 99.9 Å². The Kier molecular flexibility index (Phi) is 7.04. The Bertz CT molecular complexity index is 1250. The maximum Gasteiger partial charge on any atom is 0.270 e. The summed E-state index contributed by atoms with van der Waals surface area (Å²) in [6.07, 6.45) is 1.59. The Morgan fingerprint density at radius 2 is 1.94 bits per heavy atom. The van der Waals surface area contributed by atoms with Gasteiger partial charge in [-0.15, -0.1) is 0 Å². The van der Waals surface area contributed by atoms with E-state index in [0.717, 1.165) is 5.56 Å². The summed E-state index contributed by atoms with van der Waals surface area (Å²) in [5, 5.41) is 30.1. The fourth-order valence-corrected chi connectivity index (χ4v) is 3.83. The van der Waals surface area contributed by atoms with E-state index < -0.39 is 4.92 Å². The molecule has 0 spiro atoms. The van der Waals surface area contributed by atoms with Gasteiger partial charge in [0.15, 0.2) is 5.75 Å². The number of rotatable bonds is 6. The molecule has 0 aliphatic carbocycles. The quantitative estimate of drug-likeness (QED) is 0.168. The van der Waals surface area contributed by atoms with Crippen molar-refractivity contribution in [2.45, 2.75) is 6.61 Å². The van der Waals surface area contributed by atoms with Crippen LogP contribution >= 0.6 is 27.5 Å². The normalized spacial score (nSPS) is 10.8. The number of ether oxygens (including phenoxy) is 1. The van der Waals surface area contributed by atoms with Crippen molar-refractivity contribution < 1.29 is 9.66 Å². The maximum atomic E-state index is 11.0. The van der Waals surface area contributed by atoms with Crippen LogP contribution in [0.15, 0.2) is 65.1 Å². The maximum absolute atomic E-state index is 11.0. The van der Waals surface area contributed by atoms with Gasteiger partial charge in [0.05, 0.1) is 37.7 Å². The molecule has 0 aromatic heterocycles. The molecule has 0 heterocycles. The first-order chi connectivity index (χ1) is 14.9. The van der Waals surface area contributed by atoms with Gasteiger partial charge in [-0.25, -0.2) is 0 Å². The van der Waals surface area contributed by atoms with Crippen LogP contribution in [0.4, 0.5) is 5.69 Å². The molecule has 0 aliphatic rings. The zero-order valence-corrected chi connectivity index (χ0v) is 18.2. The molecule has 0 saturated carbocycles. The van der Waals surface area contributed by atoms with Crippen molar-refractivity contribution in [3.63, 3.8) is 0 Å². The monoisotopic (exact) mass is 493 g/mol. The lowest BCUT2D eigenvalue weighted by Gasteiger charge is -2.12. The number of nitrogens with zero attached hydrogens (tertiary/aromatic N) is 3. The lowest BCUT2D eigenvalue weighted by molar-refractivity contribution is -0.384. The third-order valence-corrected chi connectivity index (χ3v) is 5.20. The van der Waals surface area contributed by atoms with Gasteiger partial charge in [0.25, 0.3) is 5.69 Å². The Balaban J connectivity index is 1.89. The Labute approximate surface area is 191 Å². The number of benzene rings is 3. The molecule has 3 rings (SSSR count). The number of nitro benzene ring substituents is 1. The molecule has 0 N–H and O–H groups in total. The molecule has 0 saturated heterocycles. The first kappa shape index (κ1) is 22.0. The van der Waals surface area contributed by atoms with E-state index in [1.54, 1.807) is 42.5 Å². The lowest BCUT2D eigenvalue weighted by atomic mass is 10.0. The van der Waals surface area contributed by atoms with Gasteiger partial charge >= 0.3 is 0 Å². The van der Waals surface area contributed by atoms with Crippen LogP contribution in [0.1, 0.15) is 22.3 Å². The number of nitro groups is 1. The highest BCUT2D eigenvalue weighted by molar-refractivity contribution is 9.10. The fourth-order valence-electron chi connectivity index (χ4n) is 2.84. The van der Waals surface area contributed by atoms with Gasteiger partial charge in [-0.3, -0.25) is 10.1 Å². The number of hydrogen-bond acceptors (Lipinski definition) is 5. The summed E-state index contributed by atoms with van der Waals surface area (Å²) >= 11 is 9.82. The second-order valence-electron chi connectivity index (χ2n) is 6.35. The highest BCUT2D eigenvalue weighted by Crippen LogP contribution is 2.36. The molecule has 0 atom stereocenters. The first-order valence-corrected chi connectivity index (χ1v) is 10.1. The Morgan fingerprint density at radius 3 is 2.61 bits per heavy atom. The molecule has 152 valence electrons. The zero-order valence-electron chi connectivity index (χ0n) is 15.9. The molecular formula is C23H13BrClN3O3. The summed E-state index contributed by atoms with van der Waals surface area (Å²) in [4.78, 5) is 10.5. The van der Waals surface area contributed by atoms with Crippen LogP contribution in [-0.2, 0) is 6.61 Å². The van der Waals surface area contributed by atoms with E-state index >= 15 is 0 Å². The molecule has 31 heavy (non-hydrogen) atoms. The third kappa shape index (κ3) is 5.29. The second-order valence-corrected chi connectivity index (χ2v) is 7.61. The van der Waals surface area contributed by atoms with Crippen molar-refractivity contribution in [1.82, 2.24) is 0 Å². The predicted molar refractivity (Wildman–Crippen MR) is 121 cm³/mol. The molecule has 6 nitrogen and oxygen atoms in total. The average molecular weight is 495 g/mol. The minimum Gasteiger partial charge on any atom is -0.486 e. The Hall–Kier alpha value is -3.65. The number of halogens is 2. The molecule has 0 aliphatic heterocycles. The first-order valence-electron chi connectivity index (χ1n) is 8.89. The van der Waals surface area contributed by atoms with Crippen molar-refractivity contribution in [1.29, 1.82) is 10.5 Å². The predicted octanol–water partition coefficient (Wildman–Crippen LogP) is 6.53. The van der Waals surface area contributed by atoms with Crippen LogP contribution in [0.3, 0.4) is 0 Å². The van der Waals surface area contributed by atoms with Crippen LogP contribution in [-0.4, -0.2) is 4.92 Å². The number of allylic oxidation sites excluding steroid dienone is 1. The van der Waals surface area contributed by atoms with E-state index in [2.05, 4.69) is 28.1 Å². The van der Waals surface area contributed by atoms with Crippen LogP contribution in [0.25, 0.3) is 11.6 Å². The van der Waals surface area contributed by atoms with Crippen molar-refractivity contribution in [3.05, 3.63) is 103 Å². The number of nitriles is 2. The largest absolute Gasteiger partial charge is 0.486 e. The summed E-state index contributed by atoms with van der Waals surface area (Å²) in [7, 11) is 0. The van der Waals surface area contributed by atoms with Crippen molar-refractivity contribution in [2.24, 2.45) is 0 Å². The lowest BCUT2D eigenvalue weighted by Crippen LogP contribution is -1.99. The van der Waals surface area contributed by atoms with Crippen LogP contribution in [0, 0.1) is 32.8 Å². The van der Waals surface area contributed by atoms with Gasteiger partial charge in [-0.05, 0) is 51.3 Å². The van der Waals surface area contributed by atoms with E-state index in [1.807, 2.05) is 6.07 Å². The van der Waals surface area contributed by atoms with Crippen LogP contribution < -0.4 is 4.74 Å². The summed E-state index contributed by atoms with van der Waals surface area (Å²) in [6.45, 7) is 0.161. The van der Waals surface area contributed by atoms with E-state index in [9.17, 15) is 20.6 Å². The summed E-state index contributed by atoms with van der Waals surface area (Å²) in [5.41, 5.74) is 2.45. The highest BCUT2D eigenvalue weighted by atomic mass is 79.9. The molecule has 8 heteroatoms. The third-order valence-electron chi connectivity index (χ3n) is 4.33. The molecule has 0 fully saturated rings. The summed E-state index contributed by atoms with van der Waals surface area (Å²) < 4.78 is 6.39. The van der Waals surface area contributed by atoms with E-state index in [-0.39, 0.29) is 17.9 Å². The second kappa shape index (κ2) is 9.90. The number of hydrogen-bond donors (Lipinski definition) is 0. The summed E-state index contributed by atoms with van der Waals surface area (Å²) in [5.74, 6) is 0.403. The zero-order chi connectivity index (χ0) is 22.4. The molecule has 0 amide bonds. The molecule has 0 unspecified atom stereocenters. The summed E-state index contributed by atoms with van der Waals surface area (Å²) in [6, 6.07) is 20.5. The minimum atomic E-state index is -0.511. The molecule has 0 bridgehead atoms. The molecule has 3 aromatic carbocycles. The SMILES string of the molecule is N#C/C(=C/c1cc(Cl)c(OCc2ccccc2C#N)c(Br)c1)c1cccc([N+](=O)[O-])c1. The molecule has 3 aromatic rings. The van der Waals surface area contributed by atoms with E-state index in [1.165, 1.54) is 18.2 Å². The number of non-ortho nitro benzene ring substituents is 1. The van der Waals surface area contributed by atoms with Gasteiger partial charge in [0.2, 0.25) is 0 Å². The van der Waals surface area contributed by atoms with Gasteiger partial charge in [0.1, 0.15) is 6.61 Å². The van der Waals surface area contributed by atoms with Gasteiger partial charge in [0, 0.05) is 17.7 Å². The van der Waals surface area contributed by atoms with Crippen molar-refractivity contribution in [3.8, 4) is 17.9 Å². The highest BCUT2D eigenvalue weighted by Gasteiger charge is 2.13. The minimum absolute atomic E-state index is 0.0979. The van der Waals surface area contributed by atoms with Gasteiger partial charge < -0.3 is 4.74 Å². The van der Waals surface area contributed by atoms with Crippen LogP contribution in [0.5, 0.6) is 5.75 Å². The average Bonchev–Trinajstić information content (AvgIpc) is 2.77. The standard InChI is InChI=1S/C23H13BrClN3O3/c24-21-9-15(8-19(13-27)16-6-3-7-20(11-16)28(29)30)10-22(25)23(21)31-14-18-5-2-1-4-17(18)12-26/h1-11H,14H2/b19-8-. The van der Waals surface area contributed by atoms with E-state index in [4.69, 9.17) is 16.3 Å². The van der Waals surface area contributed by atoms with E-state index in [0.29, 0.717) is 31.9 Å². The fraction of sp³-hybridized carbons (Fsp3) is 0.0435. The molecule has 0 radical (unpaired) electrons.